The Kier molecular flexibility index (Phi) is 6.87. The van der Waals surface area contributed by atoms with E-state index in [9.17, 15) is 9.59 Å². The van der Waals surface area contributed by atoms with Crippen LogP contribution in [-0.2, 0) is 4.74 Å². The fourth-order valence-corrected chi connectivity index (χ4v) is 4.57. The number of thiazole rings is 1. The first-order valence-electron chi connectivity index (χ1n) is 10.2. The SMILES string of the molecule is CCOC(=O)c1cnc(SC)nc1Nc1nc2ccc(C(=O)N3CCN(C)CC3)cc2s1. The number of rotatable bonds is 6. The minimum Gasteiger partial charge on any atom is -0.462 e. The lowest BCUT2D eigenvalue weighted by atomic mass is 10.1. The second-order valence-corrected chi connectivity index (χ2v) is 9.07. The zero-order chi connectivity index (χ0) is 22.7. The van der Waals surface area contributed by atoms with E-state index in [1.165, 1.54) is 29.3 Å². The second kappa shape index (κ2) is 9.80. The molecule has 3 aromatic rings. The van der Waals surface area contributed by atoms with Gasteiger partial charge in [0.25, 0.3) is 5.91 Å². The lowest BCUT2D eigenvalue weighted by Crippen LogP contribution is -2.47. The number of esters is 1. The predicted octanol–water partition coefficient (Wildman–Crippen LogP) is 3.12. The van der Waals surface area contributed by atoms with Gasteiger partial charge in [0, 0.05) is 37.9 Å². The number of hydrogen-bond donors (Lipinski definition) is 1. The van der Waals surface area contributed by atoms with Crippen LogP contribution in [0.5, 0.6) is 0 Å². The molecule has 0 aliphatic carbocycles. The van der Waals surface area contributed by atoms with Gasteiger partial charge in [0.1, 0.15) is 5.56 Å². The highest BCUT2D eigenvalue weighted by Gasteiger charge is 2.21. The lowest BCUT2D eigenvalue weighted by molar-refractivity contribution is 0.0526. The molecule has 32 heavy (non-hydrogen) atoms. The summed E-state index contributed by atoms with van der Waals surface area (Å²) in [5.41, 5.74) is 1.66. The summed E-state index contributed by atoms with van der Waals surface area (Å²) in [4.78, 5) is 42.5. The van der Waals surface area contributed by atoms with Crippen LogP contribution < -0.4 is 5.32 Å². The standard InChI is InChI=1S/C21H24N6O3S2/c1-4-30-19(29)14-12-22-20(31-3)24-17(14)25-21-23-15-6-5-13(11-16(15)32-21)18(28)27-9-7-26(2)8-10-27/h5-6,11-12H,4,7-10H2,1-3H3,(H,22,23,24,25). The highest BCUT2D eigenvalue weighted by Crippen LogP contribution is 2.30. The molecule has 1 saturated heterocycles. The highest BCUT2D eigenvalue weighted by atomic mass is 32.2. The van der Waals surface area contributed by atoms with Gasteiger partial charge in [-0.2, -0.15) is 0 Å². The summed E-state index contributed by atoms with van der Waals surface area (Å²) in [6.45, 7) is 5.21. The van der Waals surface area contributed by atoms with Crippen LogP contribution in [-0.4, -0.2) is 82.7 Å². The van der Waals surface area contributed by atoms with Crippen LogP contribution in [0, 0.1) is 0 Å². The summed E-state index contributed by atoms with van der Waals surface area (Å²) in [6, 6.07) is 5.53. The van der Waals surface area contributed by atoms with E-state index in [4.69, 9.17) is 4.74 Å². The Morgan fingerprint density at radius 3 is 2.72 bits per heavy atom. The molecule has 9 nitrogen and oxygen atoms in total. The fraction of sp³-hybridized carbons (Fsp3) is 0.381. The Balaban J connectivity index is 1.58. The first-order valence-corrected chi connectivity index (χ1v) is 12.3. The van der Waals surface area contributed by atoms with Crippen LogP contribution in [0.4, 0.5) is 10.9 Å². The Bertz CT molecular complexity index is 1140. The maximum Gasteiger partial charge on any atom is 0.343 e. The van der Waals surface area contributed by atoms with Gasteiger partial charge in [0.15, 0.2) is 16.1 Å². The van der Waals surface area contributed by atoms with E-state index in [1.807, 2.05) is 29.4 Å². The summed E-state index contributed by atoms with van der Waals surface area (Å²) in [7, 11) is 2.06. The van der Waals surface area contributed by atoms with Crippen LogP contribution in [0.1, 0.15) is 27.6 Å². The van der Waals surface area contributed by atoms with Crippen LogP contribution in [0.25, 0.3) is 10.2 Å². The van der Waals surface area contributed by atoms with Gasteiger partial charge in [-0.1, -0.05) is 23.1 Å². The van der Waals surface area contributed by atoms with Crippen molar-refractivity contribution in [1.29, 1.82) is 0 Å². The molecule has 0 bridgehead atoms. The molecule has 0 radical (unpaired) electrons. The molecule has 1 aliphatic heterocycles. The number of piperazine rings is 1. The van der Waals surface area contributed by atoms with Crippen molar-refractivity contribution in [1.82, 2.24) is 24.8 Å². The zero-order valence-electron chi connectivity index (χ0n) is 18.1. The first-order chi connectivity index (χ1) is 15.5. The topological polar surface area (TPSA) is 101 Å². The normalized spacial score (nSPS) is 14.5. The van der Waals surface area contributed by atoms with Gasteiger partial charge in [-0.15, -0.1) is 0 Å². The molecule has 1 N–H and O–H groups in total. The van der Waals surface area contributed by atoms with Crippen LogP contribution >= 0.6 is 23.1 Å². The molecule has 11 heteroatoms. The molecule has 1 aromatic carbocycles. The molecule has 0 saturated carbocycles. The molecule has 0 unspecified atom stereocenters. The van der Waals surface area contributed by atoms with E-state index in [-0.39, 0.29) is 18.1 Å². The van der Waals surface area contributed by atoms with Crippen molar-refractivity contribution in [2.24, 2.45) is 0 Å². The van der Waals surface area contributed by atoms with Gasteiger partial charge in [-0.3, -0.25) is 4.79 Å². The van der Waals surface area contributed by atoms with Gasteiger partial charge in [-0.05, 0) is 38.4 Å². The van der Waals surface area contributed by atoms with Gasteiger partial charge < -0.3 is 19.9 Å². The number of likely N-dealkylation sites (N-methyl/N-ethyl adjacent to an activating group) is 1. The highest BCUT2D eigenvalue weighted by molar-refractivity contribution is 7.98. The zero-order valence-corrected chi connectivity index (χ0v) is 19.8. The monoisotopic (exact) mass is 472 g/mol. The molecule has 1 fully saturated rings. The summed E-state index contributed by atoms with van der Waals surface area (Å²) < 4.78 is 6.00. The van der Waals surface area contributed by atoms with E-state index in [0.29, 0.717) is 21.7 Å². The summed E-state index contributed by atoms with van der Waals surface area (Å²) >= 11 is 2.77. The van der Waals surface area contributed by atoms with E-state index in [0.717, 1.165) is 36.4 Å². The Labute approximate surface area is 194 Å². The maximum atomic E-state index is 12.9. The number of aromatic nitrogens is 3. The number of carbonyl (C=O) groups is 2. The molecule has 4 rings (SSSR count). The van der Waals surface area contributed by atoms with Crippen molar-refractivity contribution >= 4 is 56.1 Å². The van der Waals surface area contributed by atoms with Crippen molar-refractivity contribution in [3.63, 3.8) is 0 Å². The lowest BCUT2D eigenvalue weighted by Gasteiger charge is -2.32. The van der Waals surface area contributed by atoms with Crippen molar-refractivity contribution in [3.8, 4) is 0 Å². The number of nitrogens with zero attached hydrogens (tertiary/aromatic N) is 5. The fourth-order valence-electron chi connectivity index (χ4n) is 3.32. The van der Waals surface area contributed by atoms with Crippen molar-refractivity contribution in [2.75, 3.05) is 51.4 Å². The van der Waals surface area contributed by atoms with Crippen LogP contribution in [0.2, 0.25) is 0 Å². The average molecular weight is 473 g/mol. The maximum absolute atomic E-state index is 12.9. The summed E-state index contributed by atoms with van der Waals surface area (Å²) in [6.07, 6.45) is 3.32. The van der Waals surface area contributed by atoms with E-state index < -0.39 is 5.97 Å². The molecule has 2 aromatic heterocycles. The third kappa shape index (κ3) is 4.84. The Morgan fingerprint density at radius 1 is 1.22 bits per heavy atom. The third-order valence-electron chi connectivity index (χ3n) is 5.10. The van der Waals surface area contributed by atoms with Crippen LogP contribution in [0.3, 0.4) is 0 Å². The first kappa shape index (κ1) is 22.4. The quantitative estimate of drug-likeness (QED) is 0.329. The van der Waals surface area contributed by atoms with Crippen molar-refractivity contribution in [3.05, 3.63) is 35.5 Å². The van der Waals surface area contributed by atoms with Crippen LogP contribution in [0.15, 0.2) is 29.6 Å². The molecule has 168 valence electrons. The molecule has 1 amide bonds. The molecule has 1 aliphatic rings. The Hall–Kier alpha value is -2.76. The van der Waals surface area contributed by atoms with Crippen molar-refractivity contribution < 1.29 is 14.3 Å². The third-order valence-corrected chi connectivity index (χ3v) is 6.59. The molecular formula is C21H24N6O3S2. The van der Waals surface area contributed by atoms with E-state index in [2.05, 4.69) is 32.2 Å². The average Bonchev–Trinajstić information content (AvgIpc) is 3.20. The summed E-state index contributed by atoms with van der Waals surface area (Å²) in [5.74, 6) is -0.118. The minimum atomic E-state index is -0.496. The second-order valence-electron chi connectivity index (χ2n) is 7.26. The number of anilines is 2. The largest absolute Gasteiger partial charge is 0.462 e. The van der Waals surface area contributed by atoms with Gasteiger partial charge in [0.05, 0.1) is 16.8 Å². The number of benzene rings is 1. The minimum absolute atomic E-state index is 0.0351. The number of carbonyl (C=O) groups excluding carboxylic acids is 2. The predicted molar refractivity (Wildman–Crippen MR) is 126 cm³/mol. The summed E-state index contributed by atoms with van der Waals surface area (Å²) in [5, 5.41) is 4.23. The molecular weight excluding hydrogens is 448 g/mol. The van der Waals surface area contributed by atoms with Gasteiger partial charge in [0.2, 0.25) is 0 Å². The van der Waals surface area contributed by atoms with E-state index >= 15 is 0 Å². The number of nitrogens with one attached hydrogen (secondary N) is 1. The smallest absolute Gasteiger partial charge is 0.343 e. The van der Waals surface area contributed by atoms with E-state index in [1.54, 1.807) is 6.92 Å². The number of ether oxygens (including phenoxy) is 1. The number of thioether (sulfide) groups is 1. The number of hydrogen-bond acceptors (Lipinski definition) is 10. The molecule has 0 spiro atoms. The number of fused-ring (bicyclic) bond motifs is 1. The molecule has 3 heterocycles. The van der Waals surface area contributed by atoms with Gasteiger partial charge in [-0.25, -0.2) is 19.7 Å². The number of amides is 1. The Morgan fingerprint density at radius 2 is 2.00 bits per heavy atom. The van der Waals surface area contributed by atoms with Crippen molar-refractivity contribution in [2.45, 2.75) is 12.1 Å². The molecule has 0 atom stereocenters. The van der Waals surface area contributed by atoms with Gasteiger partial charge >= 0.3 is 5.97 Å².